The smallest absolute Gasteiger partial charge is 0.306 e. The number of fused-ring (bicyclic) bond motifs is 1. The summed E-state index contributed by atoms with van der Waals surface area (Å²) in [5.74, 6) is 1.12. The molecule has 0 spiro atoms. The molecule has 1 saturated carbocycles. The van der Waals surface area contributed by atoms with Gasteiger partial charge in [-0.3, -0.25) is 4.79 Å². The highest BCUT2D eigenvalue weighted by molar-refractivity contribution is 6.76. The number of carbonyl (C=O) groups excluding carboxylic acids is 1. The van der Waals surface area contributed by atoms with Crippen LogP contribution in [0.4, 0.5) is 5.69 Å². The summed E-state index contributed by atoms with van der Waals surface area (Å²) in [6.45, 7) is 15.7. The lowest BCUT2D eigenvalue weighted by atomic mass is 9.78. The van der Waals surface area contributed by atoms with Crippen LogP contribution in [0.2, 0.25) is 25.7 Å². The van der Waals surface area contributed by atoms with Gasteiger partial charge in [-0.1, -0.05) is 19.6 Å². The molecule has 4 rings (SSSR count). The highest BCUT2D eigenvalue weighted by Crippen LogP contribution is 2.39. The molecule has 0 bridgehead atoms. The van der Waals surface area contributed by atoms with Gasteiger partial charge in [-0.05, 0) is 51.6 Å². The SMILES string of the molecule is Cc1nnc(-c2cnc3c(ccn3COCC[Si](C)(C)C)c2NC2CC(CC(=O)OC(C)(C)C)C2)o1. The van der Waals surface area contributed by atoms with E-state index >= 15 is 0 Å². The van der Waals surface area contributed by atoms with Crippen molar-refractivity contribution in [3.8, 4) is 11.5 Å². The third-order valence-corrected chi connectivity index (χ3v) is 7.94. The van der Waals surface area contributed by atoms with Gasteiger partial charge in [0.25, 0.3) is 5.89 Å². The van der Waals surface area contributed by atoms with Crippen molar-refractivity contribution in [3.63, 3.8) is 0 Å². The lowest BCUT2D eigenvalue weighted by Gasteiger charge is -2.37. The molecule has 9 nitrogen and oxygen atoms in total. The average Bonchev–Trinajstić information content (AvgIpc) is 3.34. The van der Waals surface area contributed by atoms with Crippen LogP contribution in [0.3, 0.4) is 0 Å². The van der Waals surface area contributed by atoms with Crippen LogP contribution in [0.1, 0.15) is 45.9 Å². The van der Waals surface area contributed by atoms with Gasteiger partial charge in [0.1, 0.15) is 18.0 Å². The minimum atomic E-state index is -1.14. The number of hydrogen-bond acceptors (Lipinski definition) is 8. The maximum atomic E-state index is 12.2. The standard InChI is InChI=1S/C26H39N5O4Si/c1-17-29-30-25(34-17)21-15-27-24-20(8-9-31(24)16-33-10-11-36(5,6)7)23(21)28-19-12-18(13-19)14-22(32)35-26(2,3)4/h8-9,15,18-19H,10-14,16H2,1-7H3,(H,27,28). The van der Waals surface area contributed by atoms with Gasteiger partial charge in [0.2, 0.25) is 5.89 Å². The number of pyridine rings is 1. The van der Waals surface area contributed by atoms with Gasteiger partial charge < -0.3 is 23.8 Å². The predicted molar refractivity (Wildman–Crippen MR) is 142 cm³/mol. The largest absolute Gasteiger partial charge is 0.460 e. The molecule has 3 heterocycles. The summed E-state index contributed by atoms with van der Waals surface area (Å²) >= 11 is 0. The van der Waals surface area contributed by atoms with Gasteiger partial charge in [0.05, 0.1) is 11.3 Å². The topological polar surface area (TPSA) is 104 Å². The number of esters is 1. The third kappa shape index (κ3) is 6.73. The van der Waals surface area contributed by atoms with Crippen molar-refractivity contribution in [1.82, 2.24) is 19.7 Å². The third-order valence-electron chi connectivity index (χ3n) is 6.23. The molecule has 0 aliphatic heterocycles. The van der Waals surface area contributed by atoms with Gasteiger partial charge in [0, 0.05) is 51.8 Å². The quantitative estimate of drug-likeness (QED) is 0.211. The van der Waals surface area contributed by atoms with Gasteiger partial charge in [-0.25, -0.2) is 4.98 Å². The maximum Gasteiger partial charge on any atom is 0.306 e. The highest BCUT2D eigenvalue weighted by atomic mass is 28.3. The molecule has 36 heavy (non-hydrogen) atoms. The van der Waals surface area contributed by atoms with E-state index in [1.807, 2.05) is 31.5 Å². The molecule has 196 valence electrons. The van der Waals surface area contributed by atoms with Crippen molar-refractivity contribution in [2.24, 2.45) is 5.92 Å². The molecule has 0 radical (unpaired) electrons. The molecule has 0 saturated heterocycles. The van der Waals surface area contributed by atoms with Crippen LogP contribution in [-0.4, -0.2) is 52.0 Å². The summed E-state index contributed by atoms with van der Waals surface area (Å²) in [5.41, 5.74) is 2.08. The Bertz CT molecular complexity index is 1200. The lowest BCUT2D eigenvalue weighted by molar-refractivity contribution is -0.156. The zero-order valence-corrected chi connectivity index (χ0v) is 23.6. The second-order valence-corrected chi connectivity index (χ2v) is 17.6. The van der Waals surface area contributed by atoms with E-state index in [2.05, 4.69) is 41.2 Å². The molecule has 0 atom stereocenters. The molecule has 0 aromatic carbocycles. The van der Waals surface area contributed by atoms with Crippen LogP contribution < -0.4 is 5.32 Å². The first-order valence-corrected chi connectivity index (χ1v) is 16.4. The first-order chi connectivity index (χ1) is 16.9. The zero-order valence-electron chi connectivity index (χ0n) is 22.6. The van der Waals surface area contributed by atoms with Gasteiger partial charge >= 0.3 is 5.97 Å². The van der Waals surface area contributed by atoms with Crippen molar-refractivity contribution in [2.45, 2.75) is 91.0 Å². The Morgan fingerprint density at radius 1 is 1.25 bits per heavy atom. The summed E-state index contributed by atoms with van der Waals surface area (Å²) in [5, 5.41) is 12.9. The van der Waals surface area contributed by atoms with Crippen LogP contribution in [0.25, 0.3) is 22.5 Å². The van der Waals surface area contributed by atoms with E-state index in [9.17, 15) is 4.79 Å². The number of hydrogen-bond donors (Lipinski definition) is 1. The molecular weight excluding hydrogens is 474 g/mol. The van der Waals surface area contributed by atoms with Gasteiger partial charge in [-0.2, -0.15) is 0 Å². The Balaban J connectivity index is 1.49. The first kappa shape index (κ1) is 26.3. The summed E-state index contributed by atoms with van der Waals surface area (Å²) in [6.07, 6.45) is 6.03. The fourth-order valence-corrected chi connectivity index (χ4v) is 5.11. The van der Waals surface area contributed by atoms with Crippen molar-refractivity contribution < 1.29 is 18.7 Å². The van der Waals surface area contributed by atoms with E-state index < -0.39 is 13.7 Å². The second kappa shape index (κ2) is 10.3. The normalized spacial score (nSPS) is 18.3. The van der Waals surface area contributed by atoms with E-state index in [0.29, 0.717) is 30.9 Å². The number of anilines is 1. The average molecular weight is 514 g/mol. The Morgan fingerprint density at radius 3 is 2.64 bits per heavy atom. The molecular formula is C26H39N5O4Si. The van der Waals surface area contributed by atoms with Crippen LogP contribution in [-0.2, 0) is 21.0 Å². The van der Waals surface area contributed by atoms with E-state index in [1.54, 1.807) is 13.1 Å². The number of nitrogens with one attached hydrogen (secondary N) is 1. The van der Waals surface area contributed by atoms with Crippen molar-refractivity contribution in [3.05, 3.63) is 24.4 Å². The molecule has 3 aromatic rings. The second-order valence-electron chi connectivity index (χ2n) is 12.0. The fraction of sp³-hybridized carbons (Fsp3) is 0.615. The number of carbonyl (C=O) groups is 1. The van der Waals surface area contributed by atoms with Crippen molar-refractivity contribution in [1.29, 1.82) is 0 Å². The molecule has 1 fully saturated rings. The van der Waals surface area contributed by atoms with Crippen LogP contribution >= 0.6 is 0 Å². The molecule has 1 aliphatic rings. The molecule has 0 unspecified atom stereocenters. The minimum Gasteiger partial charge on any atom is -0.460 e. The van der Waals surface area contributed by atoms with E-state index in [1.165, 1.54) is 0 Å². The monoisotopic (exact) mass is 513 g/mol. The summed E-state index contributed by atoms with van der Waals surface area (Å²) in [6, 6.07) is 3.41. The first-order valence-electron chi connectivity index (χ1n) is 12.7. The predicted octanol–water partition coefficient (Wildman–Crippen LogP) is 5.63. The molecule has 1 N–H and O–H groups in total. The van der Waals surface area contributed by atoms with Crippen LogP contribution in [0, 0.1) is 12.8 Å². The summed E-state index contributed by atoms with van der Waals surface area (Å²) in [7, 11) is -1.14. The molecule has 10 heteroatoms. The van der Waals surface area contributed by atoms with E-state index in [0.717, 1.165) is 47.8 Å². The van der Waals surface area contributed by atoms with E-state index in [4.69, 9.17) is 18.9 Å². The minimum absolute atomic E-state index is 0.134. The Hall–Kier alpha value is -2.72. The van der Waals surface area contributed by atoms with Crippen molar-refractivity contribution in [2.75, 3.05) is 11.9 Å². The molecule has 3 aromatic heterocycles. The number of aryl methyl sites for hydroxylation is 1. The summed E-state index contributed by atoms with van der Waals surface area (Å²) < 4.78 is 19.2. The molecule has 0 amide bonds. The van der Waals surface area contributed by atoms with Gasteiger partial charge in [-0.15, -0.1) is 10.2 Å². The van der Waals surface area contributed by atoms with Crippen LogP contribution in [0.15, 0.2) is 22.9 Å². The Kier molecular flexibility index (Phi) is 7.56. The summed E-state index contributed by atoms with van der Waals surface area (Å²) in [4.78, 5) is 16.9. The lowest BCUT2D eigenvalue weighted by Crippen LogP contribution is -2.37. The fourth-order valence-electron chi connectivity index (χ4n) is 4.35. The number of rotatable bonds is 10. The Morgan fingerprint density at radius 2 is 2.00 bits per heavy atom. The van der Waals surface area contributed by atoms with Crippen LogP contribution in [0.5, 0.6) is 0 Å². The Labute approximate surface area is 214 Å². The van der Waals surface area contributed by atoms with E-state index in [-0.39, 0.29) is 12.0 Å². The number of nitrogens with zero attached hydrogens (tertiary/aromatic N) is 4. The van der Waals surface area contributed by atoms with Crippen molar-refractivity contribution >= 4 is 30.8 Å². The molecule has 1 aliphatic carbocycles. The zero-order chi connectivity index (χ0) is 26.1. The number of ether oxygens (including phenoxy) is 2. The van der Waals surface area contributed by atoms with Gasteiger partial charge in [0.15, 0.2) is 0 Å². The highest BCUT2D eigenvalue weighted by Gasteiger charge is 2.33. The maximum absolute atomic E-state index is 12.2. The number of aromatic nitrogens is 4.